The fourth-order valence-electron chi connectivity index (χ4n) is 8.27. The smallest absolute Gasteiger partial charge is 0.155 e. The molecule has 1 heteroatoms. The zero-order valence-corrected chi connectivity index (χ0v) is 18.9. The SMILES string of the molecule is [2H]C1=C[C@@]2(C)[C@H](CC[C@@H]3[C@@H]2CC[C@]2(C)[C@@H]([C@H](C)CCCC(C)C)CC[C@@H]32)C([2H])([2H])C1=O. The van der Waals surface area contributed by atoms with Crippen LogP contribution in [-0.4, -0.2) is 5.78 Å². The maximum atomic E-state index is 12.5. The predicted octanol–water partition coefficient (Wildman–Crippen LogP) is 7.45. The topological polar surface area (TPSA) is 17.1 Å². The average molecular weight is 388 g/mol. The van der Waals surface area contributed by atoms with Crippen molar-refractivity contribution in [3.05, 3.63) is 12.1 Å². The second-order valence-electron chi connectivity index (χ2n) is 11.7. The lowest BCUT2D eigenvalue weighted by Gasteiger charge is -2.59. The highest BCUT2D eigenvalue weighted by Crippen LogP contribution is 2.67. The molecule has 0 aliphatic heterocycles. The average Bonchev–Trinajstić information content (AvgIpc) is 3.03. The van der Waals surface area contributed by atoms with E-state index in [1.54, 1.807) is 0 Å². The van der Waals surface area contributed by atoms with Crippen molar-refractivity contribution in [2.75, 3.05) is 0 Å². The lowest BCUT2D eigenvalue weighted by Crippen LogP contribution is -2.52. The molecule has 0 unspecified atom stereocenters. The monoisotopic (exact) mass is 387 g/mol. The van der Waals surface area contributed by atoms with E-state index in [0.29, 0.717) is 17.3 Å². The second-order valence-corrected chi connectivity index (χ2v) is 11.7. The van der Waals surface area contributed by atoms with Crippen LogP contribution in [0.25, 0.3) is 0 Å². The van der Waals surface area contributed by atoms with Gasteiger partial charge < -0.3 is 0 Å². The van der Waals surface area contributed by atoms with Crippen molar-refractivity contribution in [3.63, 3.8) is 0 Å². The van der Waals surface area contributed by atoms with Crippen molar-refractivity contribution >= 4 is 5.78 Å². The summed E-state index contributed by atoms with van der Waals surface area (Å²) in [4.78, 5) is 12.5. The highest BCUT2D eigenvalue weighted by Gasteiger charge is 2.59. The Labute approximate surface area is 178 Å². The van der Waals surface area contributed by atoms with Gasteiger partial charge in [0.25, 0.3) is 0 Å². The summed E-state index contributed by atoms with van der Waals surface area (Å²) in [5, 5.41) is 0. The molecule has 4 rings (SSSR count). The summed E-state index contributed by atoms with van der Waals surface area (Å²) in [6, 6.07) is -0.0826. The molecule has 3 fully saturated rings. The van der Waals surface area contributed by atoms with Gasteiger partial charge in [0.15, 0.2) is 5.78 Å². The molecule has 0 N–H and O–H groups in total. The number of ketones is 1. The van der Waals surface area contributed by atoms with Crippen LogP contribution in [0.1, 0.15) is 103 Å². The van der Waals surface area contributed by atoms with Crippen LogP contribution in [0.3, 0.4) is 0 Å². The van der Waals surface area contributed by atoms with E-state index in [0.717, 1.165) is 42.9 Å². The van der Waals surface area contributed by atoms with Gasteiger partial charge in [-0.1, -0.05) is 60.0 Å². The van der Waals surface area contributed by atoms with E-state index < -0.39 is 12.2 Å². The maximum absolute atomic E-state index is 12.5. The van der Waals surface area contributed by atoms with Gasteiger partial charge in [-0.25, -0.2) is 0 Å². The Hall–Kier alpha value is -0.590. The second kappa shape index (κ2) is 7.59. The highest BCUT2D eigenvalue weighted by molar-refractivity contribution is 5.91. The van der Waals surface area contributed by atoms with Crippen molar-refractivity contribution in [1.82, 2.24) is 0 Å². The third-order valence-electron chi connectivity index (χ3n) is 9.80. The largest absolute Gasteiger partial charge is 0.295 e. The molecule has 3 saturated carbocycles. The summed E-state index contributed by atoms with van der Waals surface area (Å²) < 4.78 is 25.3. The minimum atomic E-state index is -1.88. The first-order chi connectivity index (χ1) is 14.4. The number of carbonyl (C=O) groups is 1. The van der Waals surface area contributed by atoms with Crippen molar-refractivity contribution in [1.29, 1.82) is 0 Å². The van der Waals surface area contributed by atoms with Crippen molar-refractivity contribution in [2.24, 2.45) is 52.3 Å². The molecule has 8 atom stereocenters. The number of hydrogen-bond donors (Lipinski definition) is 0. The summed E-state index contributed by atoms with van der Waals surface area (Å²) in [5.74, 6) is 3.32. The van der Waals surface area contributed by atoms with Crippen LogP contribution in [0.5, 0.6) is 0 Å². The lowest BCUT2D eigenvalue weighted by atomic mass is 9.45. The number of rotatable bonds is 5. The molecular formula is C27H44O. The normalized spacial score (nSPS) is 49.9. The van der Waals surface area contributed by atoms with Crippen LogP contribution in [0.2, 0.25) is 0 Å². The Bertz CT molecular complexity index is 743. The lowest BCUT2D eigenvalue weighted by molar-refractivity contribution is -0.122. The van der Waals surface area contributed by atoms with Gasteiger partial charge in [0.05, 0.1) is 1.37 Å². The third-order valence-corrected chi connectivity index (χ3v) is 9.80. The van der Waals surface area contributed by atoms with Crippen LogP contribution < -0.4 is 0 Å². The molecule has 0 aromatic carbocycles. The van der Waals surface area contributed by atoms with Gasteiger partial charge in [0.2, 0.25) is 0 Å². The van der Waals surface area contributed by atoms with Gasteiger partial charge in [-0.2, -0.15) is 0 Å². The molecular weight excluding hydrogens is 340 g/mol. The first-order valence-electron chi connectivity index (χ1n) is 13.7. The van der Waals surface area contributed by atoms with Crippen LogP contribution in [0.15, 0.2) is 12.1 Å². The molecule has 4 aliphatic rings. The molecule has 0 radical (unpaired) electrons. The first kappa shape index (κ1) is 17.1. The van der Waals surface area contributed by atoms with Crippen LogP contribution >= 0.6 is 0 Å². The van der Waals surface area contributed by atoms with Gasteiger partial charge in [0, 0.05) is 9.11 Å². The molecule has 158 valence electrons. The standard InChI is InChI=1S/C27H44O/c1-18(2)7-6-8-19(3)23-11-12-24-22-10-9-20-17-21(28)13-15-26(20,4)25(22)14-16-27(23,24)5/h13,15,18-20,22-25H,6-12,14,16-17H2,1-5H3/t19-,20-,22+,23-,24+,25+,26+,27-/m1/s1/i13D,17D2. The van der Waals surface area contributed by atoms with Crippen molar-refractivity contribution in [2.45, 2.75) is 98.8 Å². The van der Waals surface area contributed by atoms with Gasteiger partial charge in [-0.15, -0.1) is 0 Å². The molecule has 28 heavy (non-hydrogen) atoms. The number of allylic oxidation sites excluding steroid dienone is 2. The van der Waals surface area contributed by atoms with Gasteiger partial charge in [0.1, 0.15) is 0 Å². The van der Waals surface area contributed by atoms with E-state index in [2.05, 4.69) is 34.6 Å². The van der Waals surface area contributed by atoms with E-state index in [4.69, 9.17) is 4.11 Å². The van der Waals surface area contributed by atoms with Gasteiger partial charge >= 0.3 is 0 Å². The van der Waals surface area contributed by atoms with E-state index in [1.807, 2.05) is 6.08 Å². The Morgan fingerprint density at radius 3 is 2.64 bits per heavy atom. The van der Waals surface area contributed by atoms with E-state index in [1.165, 1.54) is 38.5 Å². The van der Waals surface area contributed by atoms with Gasteiger partial charge in [-0.05, 0) is 96.8 Å². The third kappa shape index (κ3) is 3.33. The summed E-state index contributed by atoms with van der Waals surface area (Å²) in [6.45, 7) is 11.9. The Kier molecular flexibility index (Phi) is 4.64. The van der Waals surface area contributed by atoms with Gasteiger partial charge in [-0.3, -0.25) is 4.79 Å². The molecule has 1 nitrogen and oxygen atoms in total. The number of carbonyl (C=O) groups excluding carboxylic acids is 1. The van der Waals surface area contributed by atoms with Crippen LogP contribution in [0, 0.1) is 52.3 Å². The maximum Gasteiger partial charge on any atom is 0.155 e. The Morgan fingerprint density at radius 2 is 1.89 bits per heavy atom. The fourth-order valence-corrected chi connectivity index (χ4v) is 8.27. The molecule has 0 saturated heterocycles. The van der Waals surface area contributed by atoms with Crippen LogP contribution in [0.4, 0.5) is 0 Å². The number of fused-ring (bicyclic) bond motifs is 5. The quantitative estimate of drug-likeness (QED) is 0.478. The molecule has 0 bridgehead atoms. The molecule has 0 aromatic heterocycles. The first-order valence-corrected chi connectivity index (χ1v) is 12.2. The van der Waals surface area contributed by atoms with E-state index in [-0.39, 0.29) is 17.4 Å². The summed E-state index contributed by atoms with van der Waals surface area (Å²) in [5.41, 5.74) is 0.0678. The zero-order chi connectivity index (χ0) is 22.8. The molecule has 0 amide bonds. The predicted molar refractivity (Wildman–Crippen MR) is 118 cm³/mol. The van der Waals surface area contributed by atoms with E-state index >= 15 is 0 Å². The minimum absolute atomic E-state index is 0.0826. The Morgan fingerprint density at radius 1 is 1.11 bits per heavy atom. The van der Waals surface area contributed by atoms with Crippen molar-refractivity contribution < 1.29 is 8.91 Å². The summed E-state index contributed by atoms with van der Waals surface area (Å²) in [7, 11) is 0. The minimum Gasteiger partial charge on any atom is -0.295 e. The molecule has 0 heterocycles. The summed E-state index contributed by atoms with van der Waals surface area (Å²) in [6.07, 6.45) is 10.9. The molecule has 0 spiro atoms. The zero-order valence-electron chi connectivity index (χ0n) is 21.9. The van der Waals surface area contributed by atoms with E-state index in [9.17, 15) is 4.79 Å². The van der Waals surface area contributed by atoms with Crippen LogP contribution in [-0.2, 0) is 4.79 Å². The molecule has 0 aromatic rings. The summed E-state index contributed by atoms with van der Waals surface area (Å²) >= 11 is 0. The fraction of sp³-hybridized carbons (Fsp3) is 0.889. The number of hydrogen-bond acceptors (Lipinski definition) is 1. The van der Waals surface area contributed by atoms with Crippen molar-refractivity contribution in [3.8, 4) is 0 Å². The Balaban J connectivity index is 1.55. The molecule has 4 aliphatic carbocycles. The highest BCUT2D eigenvalue weighted by atomic mass is 16.1.